The molecule has 0 aliphatic carbocycles. The zero-order valence-electron chi connectivity index (χ0n) is 10.3. The Hall–Kier alpha value is -0.540. The molecule has 0 saturated carbocycles. The van der Waals surface area contributed by atoms with Crippen molar-refractivity contribution >= 4 is 34.5 Å². The Kier molecular flexibility index (Phi) is 4.68. The number of aryl methyl sites for hydroxylation is 1. The standard InChI is InChI=1S/C14H15Cl2NS/c1-3-17-13(10-6-4-5-7-11(10)15)12-8-9(2)14(16)18-12/h4-8,13,17H,3H2,1-2H3. The summed E-state index contributed by atoms with van der Waals surface area (Å²) in [5, 5.41) is 4.25. The van der Waals surface area contributed by atoms with E-state index in [1.165, 1.54) is 4.88 Å². The maximum absolute atomic E-state index is 6.28. The van der Waals surface area contributed by atoms with Crippen LogP contribution in [0.1, 0.15) is 29.0 Å². The maximum Gasteiger partial charge on any atom is 0.0961 e. The number of rotatable bonds is 4. The Morgan fingerprint density at radius 2 is 2.00 bits per heavy atom. The summed E-state index contributed by atoms with van der Waals surface area (Å²) in [5.41, 5.74) is 2.21. The lowest BCUT2D eigenvalue weighted by molar-refractivity contribution is 0.639. The van der Waals surface area contributed by atoms with Crippen molar-refractivity contribution in [3.8, 4) is 0 Å². The van der Waals surface area contributed by atoms with Crippen LogP contribution in [0, 0.1) is 6.92 Å². The Bertz CT molecular complexity index is 517. The second-order valence-electron chi connectivity index (χ2n) is 4.12. The van der Waals surface area contributed by atoms with Gasteiger partial charge in [0, 0.05) is 9.90 Å². The molecule has 0 saturated heterocycles. The molecular weight excluding hydrogens is 285 g/mol. The normalized spacial score (nSPS) is 12.7. The summed E-state index contributed by atoms with van der Waals surface area (Å²) in [5.74, 6) is 0. The summed E-state index contributed by atoms with van der Waals surface area (Å²) >= 11 is 14.1. The lowest BCUT2D eigenvalue weighted by Crippen LogP contribution is -2.21. The Balaban J connectivity index is 2.43. The number of nitrogens with one attached hydrogen (secondary N) is 1. The predicted molar refractivity (Wildman–Crippen MR) is 81.0 cm³/mol. The van der Waals surface area contributed by atoms with Crippen molar-refractivity contribution < 1.29 is 0 Å². The monoisotopic (exact) mass is 299 g/mol. The quantitative estimate of drug-likeness (QED) is 0.832. The van der Waals surface area contributed by atoms with Crippen LogP contribution in [0.25, 0.3) is 0 Å². The van der Waals surface area contributed by atoms with Gasteiger partial charge in [0.05, 0.1) is 10.4 Å². The van der Waals surface area contributed by atoms with Gasteiger partial charge in [-0.05, 0) is 36.7 Å². The molecule has 2 aromatic rings. The average molecular weight is 300 g/mol. The summed E-state index contributed by atoms with van der Waals surface area (Å²) in [4.78, 5) is 1.20. The minimum absolute atomic E-state index is 0.111. The smallest absolute Gasteiger partial charge is 0.0961 e. The third kappa shape index (κ3) is 2.89. The molecule has 1 unspecified atom stereocenters. The van der Waals surface area contributed by atoms with Crippen LogP contribution < -0.4 is 5.32 Å². The molecule has 4 heteroatoms. The second-order valence-corrected chi connectivity index (χ2v) is 6.21. The molecule has 1 heterocycles. The lowest BCUT2D eigenvalue weighted by Gasteiger charge is -2.18. The van der Waals surface area contributed by atoms with Gasteiger partial charge in [-0.1, -0.05) is 48.3 Å². The van der Waals surface area contributed by atoms with E-state index in [9.17, 15) is 0 Å². The fourth-order valence-corrected chi connectivity index (χ4v) is 3.46. The summed E-state index contributed by atoms with van der Waals surface area (Å²) in [7, 11) is 0. The van der Waals surface area contributed by atoms with E-state index in [2.05, 4.69) is 24.4 Å². The molecule has 1 nitrogen and oxygen atoms in total. The highest BCUT2D eigenvalue weighted by Gasteiger charge is 2.18. The Morgan fingerprint density at radius 1 is 1.28 bits per heavy atom. The summed E-state index contributed by atoms with van der Waals surface area (Å²) in [6.07, 6.45) is 0. The fourth-order valence-electron chi connectivity index (χ4n) is 1.90. The van der Waals surface area contributed by atoms with E-state index in [0.717, 1.165) is 27.0 Å². The zero-order valence-corrected chi connectivity index (χ0v) is 12.7. The van der Waals surface area contributed by atoms with E-state index in [1.54, 1.807) is 11.3 Å². The van der Waals surface area contributed by atoms with Crippen LogP contribution in [0.5, 0.6) is 0 Å². The van der Waals surface area contributed by atoms with Gasteiger partial charge >= 0.3 is 0 Å². The van der Waals surface area contributed by atoms with Gasteiger partial charge < -0.3 is 5.32 Å². The molecule has 0 bridgehead atoms. The zero-order chi connectivity index (χ0) is 13.1. The minimum Gasteiger partial charge on any atom is -0.306 e. The van der Waals surface area contributed by atoms with E-state index < -0.39 is 0 Å². The molecule has 1 aromatic heterocycles. The van der Waals surface area contributed by atoms with Gasteiger partial charge in [-0.2, -0.15) is 0 Å². The van der Waals surface area contributed by atoms with Gasteiger partial charge in [0.15, 0.2) is 0 Å². The highest BCUT2D eigenvalue weighted by Crippen LogP contribution is 2.36. The average Bonchev–Trinajstić information content (AvgIpc) is 2.68. The largest absolute Gasteiger partial charge is 0.306 e. The van der Waals surface area contributed by atoms with Crippen molar-refractivity contribution in [3.05, 3.63) is 55.7 Å². The second kappa shape index (κ2) is 6.07. The molecule has 0 spiro atoms. The number of hydrogen-bond acceptors (Lipinski definition) is 2. The Labute approximate surface area is 122 Å². The molecule has 0 aliphatic rings. The van der Waals surface area contributed by atoms with Crippen molar-refractivity contribution in [1.82, 2.24) is 5.32 Å². The molecule has 0 aliphatic heterocycles. The number of hydrogen-bond donors (Lipinski definition) is 1. The third-order valence-electron chi connectivity index (χ3n) is 2.79. The summed E-state index contributed by atoms with van der Waals surface area (Å²) in [6.45, 7) is 4.99. The van der Waals surface area contributed by atoms with E-state index in [4.69, 9.17) is 23.2 Å². The van der Waals surface area contributed by atoms with E-state index in [1.807, 2.05) is 25.1 Å². The highest BCUT2D eigenvalue weighted by atomic mass is 35.5. The molecular formula is C14H15Cl2NS. The van der Waals surface area contributed by atoms with Crippen molar-refractivity contribution in [2.24, 2.45) is 0 Å². The number of halogens is 2. The van der Waals surface area contributed by atoms with Crippen LogP contribution >= 0.6 is 34.5 Å². The van der Waals surface area contributed by atoms with Crippen LogP contribution in [0.4, 0.5) is 0 Å². The number of thiophene rings is 1. The fraction of sp³-hybridized carbons (Fsp3) is 0.286. The van der Waals surface area contributed by atoms with Crippen LogP contribution in [0.15, 0.2) is 30.3 Å². The minimum atomic E-state index is 0.111. The first-order valence-electron chi connectivity index (χ1n) is 5.87. The van der Waals surface area contributed by atoms with Gasteiger partial charge in [-0.25, -0.2) is 0 Å². The molecule has 0 fully saturated rings. The molecule has 1 atom stereocenters. The molecule has 0 amide bonds. The first-order valence-corrected chi connectivity index (χ1v) is 7.44. The molecule has 1 aromatic carbocycles. The maximum atomic E-state index is 6.28. The van der Waals surface area contributed by atoms with Crippen LogP contribution in [-0.4, -0.2) is 6.54 Å². The van der Waals surface area contributed by atoms with Gasteiger partial charge in [-0.15, -0.1) is 11.3 Å². The van der Waals surface area contributed by atoms with Crippen LogP contribution in [0.2, 0.25) is 9.36 Å². The molecule has 0 radical (unpaired) electrons. The molecule has 1 N–H and O–H groups in total. The van der Waals surface area contributed by atoms with Gasteiger partial charge in [0.2, 0.25) is 0 Å². The van der Waals surface area contributed by atoms with E-state index >= 15 is 0 Å². The van der Waals surface area contributed by atoms with Crippen molar-refractivity contribution in [1.29, 1.82) is 0 Å². The summed E-state index contributed by atoms with van der Waals surface area (Å²) in [6, 6.07) is 10.2. The molecule has 2 rings (SSSR count). The van der Waals surface area contributed by atoms with E-state index in [0.29, 0.717) is 0 Å². The highest BCUT2D eigenvalue weighted by molar-refractivity contribution is 7.16. The van der Waals surface area contributed by atoms with Crippen LogP contribution in [0.3, 0.4) is 0 Å². The topological polar surface area (TPSA) is 12.0 Å². The van der Waals surface area contributed by atoms with Gasteiger partial charge in [-0.3, -0.25) is 0 Å². The van der Waals surface area contributed by atoms with Crippen LogP contribution in [-0.2, 0) is 0 Å². The van der Waals surface area contributed by atoms with Crippen molar-refractivity contribution in [2.75, 3.05) is 6.54 Å². The third-order valence-corrected chi connectivity index (χ3v) is 4.75. The van der Waals surface area contributed by atoms with Crippen molar-refractivity contribution in [2.45, 2.75) is 19.9 Å². The van der Waals surface area contributed by atoms with E-state index in [-0.39, 0.29) is 6.04 Å². The molecule has 96 valence electrons. The Morgan fingerprint density at radius 3 is 2.56 bits per heavy atom. The predicted octanol–water partition coefficient (Wildman–Crippen LogP) is 5.06. The summed E-state index contributed by atoms with van der Waals surface area (Å²) < 4.78 is 0.847. The first kappa shape index (κ1) is 13.9. The van der Waals surface area contributed by atoms with Gasteiger partial charge in [0.25, 0.3) is 0 Å². The SMILES string of the molecule is CCNC(c1cc(C)c(Cl)s1)c1ccccc1Cl. The molecule has 18 heavy (non-hydrogen) atoms. The number of benzene rings is 1. The van der Waals surface area contributed by atoms with Crippen molar-refractivity contribution in [3.63, 3.8) is 0 Å². The first-order chi connectivity index (χ1) is 8.63. The van der Waals surface area contributed by atoms with Gasteiger partial charge in [0.1, 0.15) is 0 Å². The lowest BCUT2D eigenvalue weighted by atomic mass is 10.0.